The van der Waals surface area contributed by atoms with Gasteiger partial charge in [0, 0.05) is 25.9 Å². The number of carbonyl (C=O) groups is 2. The standard InChI is InChI=1S/C18H25N3O4/c1-14-4-3-5-15(19-14)10-21-13-18(25-12-17(21)23)6-8-20(9-7-18)16(22)11-24-2/h3-5H,6-13H2,1-2H3. The molecule has 0 unspecified atom stereocenters. The van der Waals surface area contributed by atoms with Gasteiger partial charge in [0.15, 0.2) is 0 Å². The Morgan fingerprint density at radius 1 is 1.36 bits per heavy atom. The van der Waals surface area contributed by atoms with E-state index in [9.17, 15) is 9.59 Å². The van der Waals surface area contributed by atoms with Crippen LogP contribution in [0, 0.1) is 6.92 Å². The number of carbonyl (C=O) groups excluding carboxylic acids is 2. The fraction of sp³-hybridized carbons (Fsp3) is 0.611. The number of likely N-dealkylation sites (tertiary alicyclic amines) is 1. The number of aryl methyl sites for hydroxylation is 1. The predicted molar refractivity (Wildman–Crippen MR) is 90.8 cm³/mol. The first-order valence-corrected chi connectivity index (χ1v) is 8.62. The lowest BCUT2D eigenvalue weighted by Crippen LogP contribution is -2.59. The van der Waals surface area contributed by atoms with Crippen LogP contribution in [0.1, 0.15) is 24.2 Å². The minimum absolute atomic E-state index is 0.00468. The summed E-state index contributed by atoms with van der Waals surface area (Å²) in [6, 6.07) is 5.84. The number of hydrogen-bond donors (Lipinski definition) is 0. The van der Waals surface area contributed by atoms with Gasteiger partial charge >= 0.3 is 0 Å². The van der Waals surface area contributed by atoms with Crippen molar-refractivity contribution in [1.29, 1.82) is 0 Å². The molecule has 1 aromatic heterocycles. The number of aromatic nitrogens is 1. The molecule has 3 heterocycles. The molecule has 0 bridgehead atoms. The quantitative estimate of drug-likeness (QED) is 0.804. The summed E-state index contributed by atoms with van der Waals surface area (Å²) in [5.74, 6) is -0.00290. The van der Waals surface area contributed by atoms with Gasteiger partial charge in [0.1, 0.15) is 13.2 Å². The molecule has 7 nitrogen and oxygen atoms in total. The van der Waals surface area contributed by atoms with Crippen LogP contribution >= 0.6 is 0 Å². The van der Waals surface area contributed by atoms with Crippen molar-refractivity contribution in [3.05, 3.63) is 29.6 Å². The van der Waals surface area contributed by atoms with E-state index in [0.717, 1.165) is 24.2 Å². The van der Waals surface area contributed by atoms with Crippen molar-refractivity contribution < 1.29 is 19.1 Å². The van der Waals surface area contributed by atoms with Crippen LogP contribution in [-0.4, -0.2) is 72.2 Å². The third-order valence-corrected chi connectivity index (χ3v) is 4.93. The summed E-state index contributed by atoms with van der Waals surface area (Å²) in [6.07, 6.45) is 1.46. The number of morpholine rings is 1. The van der Waals surface area contributed by atoms with E-state index in [1.54, 1.807) is 4.90 Å². The Balaban J connectivity index is 1.63. The maximum atomic E-state index is 12.3. The molecule has 0 aromatic carbocycles. The monoisotopic (exact) mass is 347 g/mol. The van der Waals surface area contributed by atoms with Gasteiger partial charge in [-0.15, -0.1) is 0 Å². The van der Waals surface area contributed by atoms with E-state index in [2.05, 4.69) is 4.98 Å². The van der Waals surface area contributed by atoms with Crippen LogP contribution in [-0.2, 0) is 25.6 Å². The first-order valence-electron chi connectivity index (χ1n) is 8.62. The van der Waals surface area contributed by atoms with Crippen LogP contribution in [0.3, 0.4) is 0 Å². The lowest BCUT2D eigenvalue weighted by molar-refractivity contribution is -0.175. The van der Waals surface area contributed by atoms with E-state index in [0.29, 0.717) is 26.2 Å². The van der Waals surface area contributed by atoms with E-state index in [1.807, 2.05) is 30.0 Å². The fourth-order valence-corrected chi connectivity index (χ4v) is 3.50. The van der Waals surface area contributed by atoms with Gasteiger partial charge < -0.3 is 19.3 Å². The molecule has 0 N–H and O–H groups in total. The van der Waals surface area contributed by atoms with Gasteiger partial charge in [0.05, 0.1) is 24.4 Å². The topological polar surface area (TPSA) is 72.0 Å². The Kier molecular flexibility index (Phi) is 5.34. The SMILES string of the molecule is COCC(=O)N1CCC2(CC1)CN(Cc1cccc(C)n1)C(=O)CO2. The molecular weight excluding hydrogens is 322 g/mol. The summed E-state index contributed by atoms with van der Waals surface area (Å²) in [6.45, 7) is 4.46. The highest BCUT2D eigenvalue weighted by Crippen LogP contribution is 2.31. The average Bonchev–Trinajstić information content (AvgIpc) is 2.59. The summed E-state index contributed by atoms with van der Waals surface area (Å²) in [7, 11) is 1.52. The molecule has 3 rings (SSSR count). The molecule has 0 aliphatic carbocycles. The van der Waals surface area contributed by atoms with Gasteiger partial charge in [-0.3, -0.25) is 14.6 Å². The largest absolute Gasteiger partial charge is 0.375 e. The van der Waals surface area contributed by atoms with Crippen LogP contribution in [0.25, 0.3) is 0 Å². The van der Waals surface area contributed by atoms with Gasteiger partial charge in [-0.25, -0.2) is 0 Å². The Labute approximate surface area is 147 Å². The van der Waals surface area contributed by atoms with Crippen molar-refractivity contribution in [3.8, 4) is 0 Å². The second-order valence-corrected chi connectivity index (χ2v) is 6.81. The number of nitrogens with zero attached hydrogens (tertiary/aromatic N) is 3. The predicted octanol–water partition coefficient (Wildman–Crippen LogP) is 0.756. The van der Waals surface area contributed by atoms with Gasteiger partial charge in [-0.1, -0.05) is 6.07 Å². The normalized spacial score (nSPS) is 20.2. The van der Waals surface area contributed by atoms with Gasteiger partial charge in [0.2, 0.25) is 11.8 Å². The molecule has 0 saturated carbocycles. The van der Waals surface area contributed by atoms with Crippen LogP contribution in [0.4, 0.5) is 0 Å². The molecule has 7 heteroatoms. The highest BCUT2D eigenvalue weighted by atomic mass is 16.5. The molecule has 136 valence electrons. The van der Waals surface area contributed by atoms with E-state index in [4.69, 9.17) is 9.47 Å². The molecule has 0 atom stereocenters. The van der Waals surface area contributed by atoms with Crippen molar-refractivity contribution >= 4 is 11.8 Å². The van der Waals surface area contributed by atoms with Crippen LogP contribution in [0.15, 0.2) is 18.2 Å². The highest BCUT2D eigenvalue weighted by molar-refractivity contribution is 5.79. The van der Waals surface area contributed by atoms with Crippen LogP contribution in [0.2, 0.25) is 0 Å². The zero-order chi connectivity index (χ0) is 17.9. The van der Waals surface area contributed by atoms with Gasteiger partial charge in [-0.05, 0) is 31.9 Å². The molecule has 0 radical (unpaired) electrons. The molecule has 2 aliphatic rings. The van der Waals surface area contributed by atoms with E-state index >= 15 is 0 Å². The Hall–Kier alpha value is -1.99. The van der Waals surface area contributed by atoms with E-state index < -0.39 is 0 Å². The lowest BCUT2D eigenvalue weighted by atomic mass is 9.89. The molecule has 2 aliphatic heterocycles. The lowest BCUT2D eigenvalue weighted by Gasteiger charge is -2.46. The molecule has 2 amide bonds. The molecular formula is C18H25N3O4. The van der Waals surface area contributed by atoms with Crippen LogP contribution in [0.5, 0.6) is 0 Å². The van der Waals surface area contributed by atoms with E-state index in [1.165, 1.54) is 7.11 Å². The van der Waals surface area contributed by atoms with Crippen molar-refractivity contribution in [2.45, 2.75) is 31.9 Å². The summed E-state index contributed by atoms with van der Waals surface area (Å²) < 4.78 is 10.8. The molecule has 1 aromatic rings. The maximum Gasteiger partial charge on any atom is 0.249 e. The first kappa shape index (κ1) is 17.8. The number of methoxy groups -OCH3 is 1. The number of piperidine rings is 1. The Morgan fingerprint density at radius 3 is 2.80 bits per heavy atom. The fourth-order valence-electron chi connectivity index (χ4n) is 3.50. The summed E-state index contributed by atoms with van der Waals surface area (Å²) in [5.41, 5.74) is 1.47. The Bertz CT molecular complexity index is 641. The number of pyridine rings is 1. The summed E-state index contributed by atoms with van der Waals surface area (Å²) in [5, 5.41) is 0. The van der Waals surface area contributed by atoms with Crippen molar-refractivity contribution in [2.24, 2.45) is 0 Å². The number of amides is 2. The Morgan fingerprint density at radius 2 is 2.12 bits per heavy atom. The van der Waals surface area contributed by atoms with Crippen molar-refractivity contribution in [1.82, 2.24) is 14.8 Å². The third kappa shape index (κ3) is 4.16. The minimum Gasteiger partial charge on any atom is -0.375 e. The third-order valence-electron chi connectivity index (χ3n) is 4.93. The number of hydrogen-bond acceptors (Lipinski definition) is 5. The average molecular weight is 347 g/mol. The summed E-state index contributed by atoms with van der Waals surface area (Å²) in [4.78, 5) is 32.3. The van der Waals surface area contributed by atoms with Crippen molar-refractivity contribution in [3.63, 3.8) is 0 Å². The molecule has 25 heavy (non-hydrogen) atoms. The number of ether oxygens (including phenoxy) is 2. The minimum atomic E-state index is -0.360. The second kappa shape index (κ2) is 7.49. The van der Waals surface area contributed by atoms with Gasteiger partial charge in [-0.2, -0.15) is 0 Å². The zero-order valence-corrected chi connectivity index (χ0v) is 14.9. The maximum absolute atomic E-state index is 12.3. The van der Waals surface area contributed by atoms with E-state index in [-0.39, 0.29) is 30.6 Å². The summed E-state index contributed by atoms with van der Waals surface area (Å²) >= 11 is 0. The number of rotatable bonds is 4. The first-order chi connectivity index (χ1) is 12.0. The molecule has 2 saturated heterocycles. The smallest absolute Gasteiger partial charge is 0.249 e. The second-order valence-electron chi connectivity index (χ2n) is 6.81. The van der Waals surface area contributed by atoms with Crippen LogP contribution < -0.4 is 0 Å². The zero-order valence-electron chi connectivity index (χ0n) is 14.9. The van der Waals surface area contributed by atoms with Gasteiger partial charge in [0.25, 0.3) is 0 Å². The van der Waals surface area contributed by atoms with Crippen molar-refractivity contribution in [2.75, 3.05) is 40.0 Å². The highest BCUT2D eigenvalue weighted by Gasteiger charge is 2.42. The molecule has 1 spiro atoms. The molecule has 2 fully saturated rings.